The number of nitrogens with one attached hydrogen (secondary N) is 1. The molecule has 3 aromatic carbocycles. The predicted molar refractivity (Wildman–Crippen MR) is 144 cm³/mol. The van der Waals surface area contributed by atoms with E-state index >= 15 is 0 Å². The number of methoxy groups -OCH3 is 1. The third kappa shape index (κ3) is 3.12. The van der Waals surface area contributed by atoms with Crippen LogP contribution in [0.2, 0.25) is 0 Å². The molecule has 5 aromatic rings. The summed E-state index contributed by atoms with van der Waals surface area (Å²) in [4.78, 5) is 31.9. The summed E-state index contributed by atoms with van der Waals surface area (Å²) in [6, 6.07) is 20.1. The number of oxazole rings is 1. The Balaban J connectivity index is 1.66. The summed E-state index contributed by atoms with van der Waals surface area (Å²) in [5.41, 5.74) is 3.49. The molecular weight excluding hydrogens is 494 g/mol. The van der Waals surface area contributed by atoms with Crippen molar-refractivity contribution < 1.29 is 23.5 Å². The van der Waals surface area contributed by atoms with Crippen LogP contribution in [0.25, 0.3) is 33.4 Å². The monoisotopic (exact) mass is 519 g/mol. The fourth-order valence-corrected chi connectivity index (χ4v) is 6.19. The van der Waals surface area contributed by atoms with Crippen LogP contribution >= 0.6 is 0 Å². The third-order valence-electron chi connectivity index (χ3n) is 7.80. The number of carbonyl (C=O) groups excluding carboxylic acids is 2. The van der Waals surface area contributed by atoms with Crippen LogP contribution in [-0.2, 0) is 26.8 Å². The molecule has 1 N–H and O–H groups in total. The van der Waals surface area contributed by atoms with E-state index in [1.165, 1.54) is 14.0 Å². The standard InChI is InChI=1S/C31H25N3O5/c1-17(35)33-26-28(36)31(18-9-5-4-6-10-18)22-13-7-12-20(27(22)39-30(31)37-3)19-11-8-14-23-25(19)21(16-34(23)2)24-15-32-29(26)38-24/h4-16,26,30H,1-3H3,(H,33,35)/t26?,30-,31-/m0/s1. The fourth-order valence-electron chi connectivity index (χ4n) is 6.19. The van der Waals surface area contributed by atoms with E-state index in [2.05, 4.69) is 10.3 Å². The normalized spacial score (nSPS) is 21.3. The minimum Gasteiger partial charge on any atom is -0.462 e. The number of ether oxygens (including phenoxy) is 2. The SMILES string of the molecule is CO[C@H]1Oc2c3cccc2[C@@]1(c1ccccc1)C(=O)C(NC(C)=O)c1ncc(o1)-c1cn(C)c2cccc-3c12. The average molecular weight is 520 g/mol. The molecule has 2 aromatic heterocycles. The smallest absolute Gasteiger partial charge is 0.225 e. The van der Waals surface area contributed by atoms with E-state index in [0.29, 0.717) is 22.6 Å². The number of fused-ring (bicyclic) bond motifs is 4. The van der Waals surface area contributed by atoms with Crippen LogP contribution in [0.1, 0.15) is 30.0 Å². The molecule has 0 saturated heterocycles. The van der Waals surface area contributed by atoms with Crippen LogP contribution in [0.5, 0.6) is 5.75 Å². The van der Waals surface area contributed by atoms with Crippen LogP contribution in [0.4, 0.5) is 0 Å². The largest absolute Gasteiger partial charge is 0.462 e. The van der Waals surface area contributed by atoms with Gasteiger partial charge in [0.15, 0.2) is 17.6 Å². The number of carbonyl (C=O) groups is 2. The Labute approximate surface area is 224 Å². The average Bonchev–Trinajstić information content (AvgIpc) is 3.65. The lowest BCUT2D eigenvalue weighted by atomic mass is 9.69. The van der Waals surface area contributed by atoms with Crippen LogP contribution in [0, 0.1) is 0 Å². The van der Waals surface area contributed by atoms with Crippen molar-refractivity contribution in [3.63, 3.8) is 0 Å². The minimum absolute atomic E-state index is 0.0926. The molecule has 2 aliphatic rings. The molecule has 0 spiro atoms. The highest BCUT2D eigenvalue weighted by Gasteiger charge is 2.59. The molecule has 0 saturated carbocycles. The van der Waals surface area contributed by atoms with Crippen molar-refractivity contribution in [3.8, 4) is 28.2 Å². The maximum atomic E-state index is 14.9. The van der Waals surface area contributed by atoms with Crippen LogP contribution in [0.3, 0.4) is 0 Å². The van der Waals surface area contributed by atoms with Gasteiger partial charge in [-0.3, -0.25) is 9.59 Å². The number of aryl methyl sites for hydroxylation is 1. The van der Waals surface area contributed by atoms with E-state index in [1.807, 2.05) is 84.5 Å². The summed E-state index contributed by atoms with van der Waals surface area (Å²) in [5.74, 6) is 0.397. The second-order valence-electron chi connectivity index (χ2n) is 9.96. The van der Waals surface area contributed by atoms with E-state index in [0.717, 1.165) is 27.6 Å². The minimum atomic E-state index is -1.42. The molecular formula is C31H25N3O5. The topological polar surface area (TPSA) is 95.6 Å². The van der Waals surface area contributed by atoms with Gasteiger partial charge in [0.1, 0.15) is 11.2 Å². The molecule has 1 amide bonds. The van der Waals surface area contributed by atoms with Crippen molar-refractivity contribution in [2.24, 2.45) is 7.05 Å². The summed E-state index contributed by atoms with van der Waals surface area (Å²) in [7, 11) is 3.49. The quantitative estimate of drug-likeness (QED) is 0.364. The number of hydrogen-bond acceptors (Lipinski definition) is 6. The zero-order valence-corrected chi connectivity index (χ0v) is 21.6. The van der Waals surface area contributed by atoms with Gasteiger partial charge in [-0.2, -0.15) is 0 Å². The van der Waals surface area contributed by atoms with E-state index < -0.39 is 23.7 Å². The highest BCUT2D eigenvalue weighted by atomic mass is 16.7. The lowest BCUT2D eigenvalue weighted by Gasteiger charge is -2.34. The van der Waals surface area contributed by atoms with Gasteiger partial charge in [0.05, 0.1) is 6.20 Å². The first-order valence-electron chi connectivity index (χ1n) is 12.7. The number of hydrogen-bond donors (Lipinski definition) is 1. The predicted octanol–water partition coefficient (Wildman–Crippen LogP) is 4.91. The van der Waals surface area contributed by atoms with Gasteiger partial charge < -0.3 is 23.8 Å². The van der Waals surface area contributed by atoms with Crippen molar-refractivity contribution in [2.45, 2.75) is 24.7 Å². The summed E-state index contributed by atoms with van der Waals surface area (Å²) >= 11 is 0. The van der Waals surface area contributed by atoms with Gasteiger partial charge in [0, 0.05) is 54.9 Å². The number of nitrogens with zero attached hydrogens (tertiary/aromatic N) is 2. The summed E-state index contributed by atoms with van der Waals surface area (Å²) < 4.78 is 20.8. The first-order valence-corrected chi connectivity index (χ1v) is 12.7. The molecule has 8 heteroatoms. The lowest BCUT2D eigenvalue weighted by Crippen LogP contribution is -2.52. The van der Waals surface area contributed by atoms with E-state index in [-0.39, 0.29) is 11.7 Å². The van der Waals surface area contributed by atoms with Crippen LogP contribution < -0.4 is 10.1 Å². The molecule has 2 aliphatic heterocycles. The Bertz CT molecular complexity index is 1790. The van der Waals surface area contributed by atoms with Crippen molar-refractivity contribution in [1.82, 2.24) is 14.9 Å². The lowest BCUT2D eigenvalue weighted by molar-refractivity contribution is -0.141. The molecule has 0 radical (unpaired) electrons. The maximum Gasteiger partial charge on any atom is 0.225 e. The molecule has 194 valence electrons. The summed E-state index contributed by atoms with van der Waals surface area (Å²) in [6.45, 7) is 1.37. The molecule has 6 bridgehead atoms. The molecule has 0 fully saturated rings. The number of para-hydroxylation sites is 1. The zero-order valence-electron chi connectivity index (χ0n) is 21.6. The Morgan fingerprint density at radius 3 is 2.56 bits per heavy atom. The Morgan fingerprint density at radius 2 is 1.79 bits per heavy atom. The molecule has 1 unspecified atom stereocenters. The summed E-state index contributed by atoms with van der Waals surface area (Å²) in [5, 5.41) is 3.77. The molecule has 0 aliphatic carbocycles. The second kappa shape index (κ2) is 8.41. The Hall–Kier alpha value is -4.69. The first-order chi connectivity index (χ1) is 18.9. The number of amides is 1. The zero-order chi connectivity index (χ0) is 26.9. The molecule has 4 heterocycles. The van der Waals surface area contributed by atoms with Crippen molar-refractivity contribution in [3.05, 3.63) is 96.1 Å². The highest BCUT2D eigenvalue weighted by Crippen LogP contribution is 2.55. The molecule has 39 heavy (non-hydrogen) atoms. The number of aromatic nitrogens is 2. The highest BCUT2D eigenvalue weighted by molar-refractivity contribution is 6.08. The van der Waals surface area contributed by atoms with E-state index in [4.69, 9.17) is 13.9 Å². The van der Waals surface area contributed by atoms with E-state index in [9.17, 15) is 9.59 Å². The van der Waals surface area contributed by atoms with Gasteiger partial charge in [-0.25, -0.2) is 4.98 Å². The van der Waals surface area contributed by atoms with Gasteiger partial charge >= 0.3 is 0 Å². The van der Waals surface area contributed by atoms with Crippen LogP contribution in [-0.4, -0.2) is 34.6 Å². The number of benzene rings is 3. The van der Waals surface area contributed by atoms with Crippen molar-refractivity contribution >= 4 is 22.6 Å². The van der Waals surface area contributed by atoms with Crippen molar-refractivity contribution in [2.75, 3.05) is 7.11 Å². The van der Waals surface area contributed by atoms with Crippen molar-refractivity contribution in [1.29, 1.82) is 0 Å². The fraction of sp³-hybridized carbons (Fsp3) is 0.194. The van der Waals surface area contributed by atoms with E-state index in [1.54, 1.807) is 6.20 Å². The third-order valence-corrected chi connectivity index (χ3v) is 7.80. The number of Topliss-reactive ketones (excluding diaryl/α,β-unsaturated/α-hetero) is 1. The maximum absolute atomic E-state index is 14.9. The van der Waals surface area contributed by atoms with Gasteiger partial charge in [-0.05, 0) is 17.2 Å². The first kappa shape index (κ1) is 23.4. The molecule has 8 nitrogen and oxygen atoms in total. The second-order valence-corrected chi connectivity index (χ2v) is 9.96. The number of rotatable bonds is 3. The number of ketones is 1. The van der Waals surface area contributed by atoms with Gasteiger partial charge in [0.25, 0.3) is 0 Å². The van der Waals surface area contributed by atoms with Gasteiger partial charge in [0.2, 0.25) is 18.1 Å². The Morgan fingerprint density at radius 1 is 1.03 bits per heavy atom. The summed E-state index contributed by atoms with van der Waals surface area (Å²) in [6.07, 6.45) is 2.58. The van der Waals surface area contributed by atoms with Gasteiger partial charge in [-0.15, -0.1) is 0 Å². The Kier molecular flexibility index (Phi) is 5.05. The molecule has 3 atom stereocenters. The molecule has 7 rings (SSSR count). The van der Waals surface area contributed by atoms with Crippen LogP contribution in [0.15, 0.2) is 83.5 Å². The van der Waals surface area contributed by atoms with Gasteiger partial charge in [-0.1, -0.05) is 60.7 Å².